The molecule has 0 aliphatic carbocycles. The van der Waals surface area contributed by atoms with E-state index in [0.717, 1.165) is 12.1 Å². The SMILES string of the molecule is CCc1cn(-c2ccc(NC(=O)CC#N)c(F)c2)nn1. The van der Waals surface area contributed by atoms with E-state index in [1.54, 1.807) is 18.3 Å². The zero-order valence-electron chi connectivity index (χ0n) is 10.8. The van der Waals surface area contributed by atoms with Crippen LogP contribution in [0.1, 0.15) is 19.0 Å². The van der Waals surface area contributed by atoms with Crippen LogP contribution in [0.4, 0.5) is 10.1 Å². The molecule has 2 rings (SSSR count). The Bertz CT molecular complexity index is 674. The topological polar surface area (TPSA) is 83.6 Å². The van der Waals surface area contributed by atoms with Crippen LogP contribution in [0, 0.1) is 17.1 Å². The summed E-state index contributed by atoms with van der Waals surface area (Å²) >= 11 is 0. The van der Waals surface area contributed by atoms with Gasteiger partial charge in [0.05, 0.1) is 29.3 Å². The molecule has 0 saturated carbocycles. The maximum absolute atomic E-state index is 13.9. The summed E-state index contributed by atoms with van der Waals surface area (Å²) in [5.74, 6) is -1.14. The van der Waals surface area contributed by atoms with Crippen LogP contribution in [0.15, 0.2) is 24.4 Å². The van der Waals surface area contributed by atoms with Gasteiger partial charge in [0, 0.05) is 6.07 Å². The third-order valence-electron chi connectivity index (χ3n) is 2.63. The second-order valence-corrected chi connectivity index (χ2v) is 4.06. The summed E-state index contributed by atoms with van der Waals surface area (Å²) < 4.78 is 15.3. The first-order valence-electron chi connectivity index (χ1n) is 6.02. The van der Waals surface area contributed by atoms with Gasteiger partial charge in [0.25, 0.3) is 0 Å². The maximum atomic E-state index is 13.9. The van der Waals surface area contributed by atoms with E-state index in [1.807, 2.05) is 6.92 Å². The van der Waals surface area contributed by atoms with Gasteiger partial charge in [-0.2, -0.15) is 5.26 Å². The number of nitrogens with zero attached hydrogens (tertiary/aromatic N) is 4. The summed E-state index contributed by atoms with van der Waals surface area (Å²) in [6.07, 6.45) is 2.14. The van der Waals surface area contributed by atoms with Gasteiger partial charge in [0.2, 0.25) is 5.91 Å². The molecule has 0 fully saturated rings. The fourth-order valence-electron chi connectivity index (χ4n) is 1.60. The van der Waals surface area contributed by atoms with Crippen LogP contribution in [-0.4, -0.2) is 20.9 Å². The molecule has 0 bridgehead atoms. The second kappa shape index (κ2) is 5.93. The number of nitrogens with one attached hydrogen (secondary N) is 1. The Balaban J connectivity index is 2.21. The number of carbonyl (C=O) groups is 1. The largest absolute Gasteiger partial charge is 0.323 e. The number of carbonyl (C=O) groups excluding carboxylic acids is 1. The third kappa shape index (κ3) is 2.98. The van der Waals surface area contributed by atoms with E-state index in [0.29, 0.717) is 5.69 Å². The Kier molecular flexibility index (Phi) is 4.05. The van der Waals surface area contributed by atoms with Gasteiger partial charge < -0.3 is 5.32 Å². The number of aryl methyl sites for hydroxylation is 1. The summed E-state index contributed by atoms with van der Waals surface area (Å²) in [7, 11) is 0. The lowest BCUT2D eigenvalue weighted by Crippen LogP contribution is -2.11. The van der Waals surface area contributed by atoms with Gasteiger partial charge in [-0.25, -0.2) is 9.07 Å². The number of nitriles is 1. The van der Waals surface area contributed by atoms with Crippen molar-refractivity contribution in [1.82, 2.24) is 15.0 Å². The van der Waals surface area contributed by atoms with E-state index in [4.69, 9.17) is 5.26 Å². The van der Waals surface area contributed by atoms with Crippen LogP contribution in [0.25, 0.3) is 5.69 Å². The average Bonchev–Trinajstić information content (AvgIpc) is 2.90. The van der Waals surface area contributed by atoms with Crippen LogP contribution in [0.3, 0.4) is 0 Å². The second-order valence-electron chi connectivity index (χ2n) is 4.06. The van der Waals surface area contributed by atoms with Crippen molar-refractivity contribution >= 4 is 11.6 Å². The zero-order valence-corrected chi connectivity index (χ0v) is 10.8. The molecule has 0 atom stereocenters. The molecular formula is C13H12FN5O. The molecule has 0 aliphatic rings. The Morgan fingerprint density at radius 1 is 1.55 bits per heavy atom. The zero-order chi connectivity index (χ0) is 14.5. The van der Waals surface area contributed by atoms with Crippen molar-refractivity contribution in [3.8, 4) is 11.8 Å². The molecule has 1 amide bonds. The number of hydrogen-bond donors (Lipinski definition) is 1. The highest BCUT2D eigenvalue weighted by atomic mass is 19.1. The molecule has 1 aromatic heterocycles. The standard InChI is InChI=1S/C13H12FN5O/c1-2-9-8-19(18-17-9)10-3-4-12(11(14)7-10)16-13(20)5-6-15/h3-4,7-8H,2,5H2,1H3,(H,16,20). The molecule has 7 heteroatoms. The molecule has 2 aromatic rings. The van der Waals surface area contributed by atoms with E-state index in [9.17, 15) is 9.18 Å². The van der Waals surface area contributed by atoms with Crippen molar-refractivity contribution in [3.63, 3.8) is 0 Å². The summed E-state index contributed by atoms with van der Waals surface area (Å²) in [5.41, 5.74) is 1.34. The van der Waals surface area contributed by atoms with Gasteiger partial charge in [0.1, 0.15) is 12.2 Å². The van der Waals surface area contributed by atoms with Crippen molar-refractivity contribution in [1.29, 1.82) is 5.26 Å². The Hall–Kier alpha value is -2.75. The number of rotatable bonds is 4. The first-order chi connectivity index (χ1) is 9.63. The van der Waals surface area contributed by atoms with Crippen LogP contribution in [0.5, 0.6) is 0 Å². The molecule has 1 N–H and O–H groups in total. The fraction of sp³-hybridized carbons (Fsp3) is 0.231. The number of aromatic nitrogens is 3. The van der Waals surface area contributed by atoms with Crippen molar-refractivity contribution < 1.29 is 9.18 Å². The average molecular weight is 273 g/mol. The normalized spacial score (nSPS) is 10.1. The lowest BCUT2D eigenvalue weighted by atomic mass is 10.2. The highest BCUT2D eigenvalue weighted by molar-refractivity contribution is 5.92. The molecule has 6 nitrogen and oxygen atoms in total. The molecule has 20 heavy (non-hydrogen) atoms. The predicted molar refractivity (Wildman–Crippen MR) is 69.6 cm³/mol. The first-order valence-corrected chi connectivity index (χ1v) is 6.02. The Labute approximate surface area is 114 Å². The lowest BCUT2D eigenvalue weighted by Gasteiger charge is -2.06. The minimum Gasteiger partial charge on any atom is -0.323 e. The Morgan fingerprint density at radius 2 is 2.35 bits per heavy atom. The number of amides is 1. The maximum Gasteiger partial charge on any atom is 0.238 e. The van der Waals surface area contributed by atoms with E-state index in [1.165, 1.54) is 16.8 Å². The highest BCUT2D eigenvalue weighted by Crippen LogP contribution is 2.18. The number of anilines is 1. The third-order valence-corrected chi connectivity index (χ3v) is 2.63. The quantitative estimate of drug-likeness (QED) is 0.921. The predicted octanol–water partition coefficient (Wildman–Crippen LogP) is 1.82. The van der Waals surface area contributed by atoms with Crippen LogP contribution >= 0.6 is 0 Å². The summed E-state index contributed by atoms with van der Waals surface area (Å²) in [6, 6.07) is 5.98. The molecule has 0 spiro atoms. The fourth-order valence-corrected chi connectivity index (χ4v) is 1.60. The number of benzene rings is 1. The van der Waals surface area contributed by atoms with E-state index >= 15 is 0 Å². The van der Waals surface area contributed by atoms with E-state index < -0.39 is 11.7 Å². The summed E-state index contributed by atoms with van der Waals surface area (Å²) in [4.78, 5) is 11.2. The number of hydrogen-bond acceptors (Lipinski definition) is 4. The molecule has 0 unspecified atom stereocenters. The molecular weight excluding hydrogens is 261 g/mol. The van der Waals surface area contributed by atoms with Crippen molar-refractivity contribution in [2.24, 2.45) is 0 Å². The van der Waals surface area contributed by atoms with E-state index in [-0.39, 0.29) is 12.1 Å². The van der Waals surface area contributed by atoms with Crippen LogP contribution in [-0.2, 0) is 11.2 Å². The van der Waals surface area contributed by atoms with Gasteiger partial charge in [-0.1, -0.05) is 12.1 Å². The molecule has 0 radical (unpaired) electrons. The van der Waals surface area contributed by atoms with Gasteiger partial charge in [-0.15, -0.1) is 5.10 Å². The molecule has 0 aliphatic heterocycles. The smallest absolute Gasteiger partial charge is 0.238 e. The van der Waals surface area contributed by atoms with Crippen LogP contribution in [0.2, 0.25) is 0 Å². The molecule has 0 saturated heterocycles. The minimum atomic E-state index is -0.595. The lowest BCUT2D eigenvalue weighted by molar-refractivity contribution is -0.115. The van der Waals surface area contributed by atoms with Gasteiger partial charge in [-0.05, 0) is 18.6 Å². The monoisotopic (exact) mass is 273 g/mol. The first kappa shape index (κ1) is 13.7. The molecule has 1 aromatic carbocycles. The summed E-state index contributed by atoms with van der Waals surface area (Å²) in [6.45, 7) is 1.95. The van der Waals surface area contributed by atoms with Crippen molar-refractivity contribution in [2.45, 2.75) is 19.8 Å². The Morgan fingerprint density at radius 3 is 2.95 bits per heavy atom. The van der Waals surface area contributed by atoms with Gasteiger partial charge in [0.15, 0.2) is 0 Å². The molecule has 102 valence electrons. The van der Waals surface area contributed by atoms with Gasteiger partial charge >= 0.3 is 0 Å². The van der Waals surface area contributed by atoms with Crippen molar-refractivity contribution in [3.05, 3.63) is 35.9 Å². The summed E-state index contributed by atoms with van der Waals surface area (Å²) in [5, 5.41) is 18.5. The molecule has 1 heterocycles. The van der Waals surface area contributed by atoms with Gasteiger partial charge in [-0.3, -0.25) is 4.79 Å². The van der Waals surface area contributed by atoms with E-state index in [2.05, 4.69) is 15.6 Å². The number of halogens is 1. The van der Waals surface area contributed by atoms with Crippen molar-refractivity contribution in [2.75, 3.05) is 5.32 Å². The van der Waals surface area contributed by atoms with Crippen LogP contribution < -0.4 is 5.32 Å². The highest BCUT2D eigenvalue weighted by Gasteiger charge is 2.09. The minimum absolute atomic E-state index is 0.0323.